The van der Waals surface area contributed by atoms with Gasteiger partial charge in [-0.2, -0.15) is 5.26 Å². The fraction of sp³-hybridized carbons (Fsp3) is 0.158. The van der Waals surface area contributed by atoms with Crippen LogP contribution < -0.4 is 10.1 Å². The van der Waals surface area contributed by atoms with E-state index in [2.05, 4.69) is 21.6 Å². The number of benzene rings is 2. The molecule has 0 radical (unpaired) electrons. The van der Waals surface area contributed by atoms with E-state index in [-0.39, 0.29) is 11.7 Å². The van der Waals surface area contributed by atoms with Crippen LogP contribution in [0, 0.1) is 11.3 Å². The second kappa shape index (κ2) is 8.38. The number of nitrogens with one attached hydrogen (secondary N) is 1. The predicted octanol–water partition coefficient (Wildman–Crippen LogP) is 3.09. The topological polar surface area (TPSA) is 92.8 Å². The molecule has 7 nitrogen and oxygen atoms in total. The average molecular weight is 379 g/mol. The molecule has 0 spiro atoms. The van der Waals surface area contributed by atoms with E-state index in [1.54, 1.807) is 31.4 Å². The van der Waals surface area contributed by atoms with Crippen LogP contribution >= 0.6 is 11.8 Å². The molecule has 27 heavy (non-hydrogen) atoms. The third-order valence-electron chi connectivity index (χ3n) is 3.84. The Morgan fingerprint density at radius 3 is 2.67 bits per heavy atom. The van der Waals surface area contributed by atoms with Gasteiger partial charge < -0.3 is 14.6 Å². The summed E-state index contributed by atoms with van der Waals surface area (Å²) in [5, 5.41) is 20.8. The van der Waals surface area contributed by atoms with Gasteiger partial charge in [-0.3, -0.25) is 4.79 Å². The molecule has 136 valence electrons. The molecule has 0 saturated heterocycles. The van der Waals surface area contributed by atoms with Crippen LogP contribution in [0.3, 0.4) is 0 Å². The van der Waals surface area contributed by atoms with Crippen molar-refractivity contribution in [1.82, 2.24) is 14.8 Å². The van der Waals surface area contributed by atoms with Gasteiger partial charge in [-0.05, 0) is 36.4 Å². The molecule has 1 amide bonds. The maximum absolute atomic E-state index is 12.2. The Labute approximate surface area is 161 Å². The molecule has 8 heteroatoms. The van der Waals surface area contributed by atoms with Crippen molar-refractivity contribution < 1.29 is 9.53 Å². The number of nitriles is 1. The summed E-state index contributed by atoms with van der Waals surface area (Å²) >= 11 is 1.28. The molecule has 3 aromatic rings. The number of carbonyl (C=O) groups is 1. The summed E-state index contributed by atoms with van der Waals surface area (Å²) in [4.78, 5) is 12.2. The summed E-state index contributed by atoms with van der Waals surface area (Å²) in [6.45, 7) is 0. The number of hydrogen-bond donors (Lipinski definition) is 1. The number of anilines is 1. The fourth-order valence-corrected chi connectivity index (χ4v) is 3.15. The zero-order valence-corrected chi connectivity index (χ0v) is 15.7. The molecule has 0 aliphatic heterocycles. The lowest BCUT2D eigenvalue weighted by Gasteiger charge is -2.07. The van der Waals surface area contributed by atoms with E-state index < -0.39 is 0 Å². The first-order chi connectivity index (χ1) is 13.1. The van der Waals surface area contributed by atoms with Crippen LogP contribution in [-0.2, 0) is 11.8 Å². The van der Waals surface area contributed by atoms with Gasteiger partial charge in [0.15, 0.2) is 11.0 Å². The maximum atomic E-state index is 12.2. The van der Waals surface area contributed by atoms with Crippen LogP contribution in [0.2, 0.25) is 0 Å². The summed E-state index contributed by atoms with van der Waals surface area (Å²) in [5.41, 5.74) is 1.84. The summed E-state index contributed by atoms with van der Waals surface area (Å²) in [6.07, 6.45) is 0. The molecule has 1 aromatic heterocycles. The lowest BCUT2D eigenvalue weighted by molar-refractivity contribution is -0.113. The highest BCUT2D eigenvalue weighted by molar-refractivity contribution is 7.99. The van der Waals surface area contributed by atoms with Crippen molar-refractivity contribution >= 4 is 23.4 Å². The standard InChI is InChI=1S/C19H17N5O2S/c1-24-18(13-7-9-15(26-2)10-8-13)22-23-19(24)27-12-17(25)21-16-6-4-3-5-14(16)11-20/h3-10H,12H2,1-2H3,(H,21,25). The van der Waals surface area contributed by atoms with Crippen molar-refractivity contribution in [2.75, 3.05) is 18.2 Å². The quantitative estimate of drug-likeness (QED) is 0.662. The second-order valence-electron chi connectivity index (χ2n) is 5.59. The van der Waals surface area contributed by atoms with Gasteiger partial charge in [0.2, 0.25) is 5.91 Å². The number of rotatable bonds is 6. The molecular weight excluding hydrogens is 362 g/mol. The van der Waals surface area contributed by atoms with Gasteiger partial charge >= 0.3 is 0 Å². The third kappa shape index (κ3) is 4.27. The Morgan fingerprint density at radius 2 is 1.96 bits per heavy atom. The number of carbonyl (C=O) groups excluding carboxylic acids is 1. The summed E-state index contributed by atoms with van der Waals surface area (Å²) in [5.74, 6) is 1.42. The predicted molar refractivity (Wildman–Crippen MR) is 104 cm³/mol. The number of ether oxygens (including phenoxy) is 1. The monoisotopic (exact) mass is 379 g/mol. The first kappa shape index (κ1) is 18.5. The molecule has 3 rings (SSSR count). The number of aromatic nitrogens is 3. The lowest BCUT2D eigenvalue weighted by atomic mass is 10.2. The third-order valence-corrected chi connectivity index (χ3v) is 4.86. The molecule has 0 saturated carbocycles. The highest BCUT2D eigenvalue weighted by Crippen LogP contribution is 2.24. The normalized spacial score (nSPS) is 10.3. The van der Waals surface area contributed by atoms with Crippen molar-refractivity contribution in [3.05, 3.63) is 54.1 Å². The van der Waals surface area contributed by atoms with Crippen LogP contribution in [0.1, 0.15) is 5.56 Å². The van der Waals surface area contributed by atoms with Crippen molar-refractivity contribution in [2.24, 2.45) is 7.05 Å². The van der Waals surface area contributed by atoms with Crippen LogP contribution in [0.4, 0.5) is 5.69 Å². The van der Waals surface area contributed by atoms with E-state index in [1.165, 1.54) is 11.8 Å². The molecule has 1 heterocycles. The zero-order chi connectivity index (χ0) is 19.2. The number of hydrogen-bond acceptors (Lipinski definition) is 6. The fourth-order valence-electron chi connectivity index (χ4n) is 2.44. The Morgan fingerprint density at radius 1 is 1.22 bits per heavy atom. The molecule has 0 unspecified atom stereocenters. The van der Waals surface area contributed by atoms with Crippen molar-refractivity contribution in [3.63, 3.8) is 0 Å². The molecule has 0 fully saturated rings. The van der Waals surface area contributed by atoms with Gasteiger partial charge in [0, 0.05) is 12.6 Å². The smallest absolute Gasteiger partial charge is 0.234 e. The molecule has 2 aromatic carbocycles. The minimum absolute atomic E-state index is 0.161. The number of nitrogens with zero attached hydrogens (tertiary/aromatic N) is 4. The molecule has 0 bridgehead atoms. The van der Waals surface area contributed by atoms with Crippen LogP contribution in [0.15, 0.2) is 53.7 Å². The van der Waals surface area contributed by atoms with E-state index in [4.69, 9.17) is 10.00 Å². The summed E-state index contributed by atoms with van der Waals surface area (Å²) in [7, 11) is 3.47. The Bertz CT molecular complexity index is 992. The van der Waals surface area contributed by atoms with Gasteiger partial charge in [-0.15, -0.1) is 10.2 Å². The summed E-state index contributed by atoms with van der Waals surface area (Å²) < 4.78 is 7.00. The molecule has 0 aliphatic carbocycles. The minimum atomic E-state index is -0.211. The van der Waals surface area contributed by atoms with E-state index >= 15 is 0 Å². The Hall–Kier alpha value is -3.31. The second-order valence-corrected chi connectivity index (χ2v) is 6.53. The van der Waals surface area contributed by atoms with E-state index in [1.807, 2.05) is 35.9 Å². The number of para-hydroxylation sites is 1. The van der Waals surface area contributed by atoms with Crippen molar-refractivity contribution in [3.8, 4) is 23.2 Å². The molecular formula is C19H17N5O2S. The molecule has 0 atom stereocenters. The number of methoxy groups -OCH3 is 1. The first-order valence-electron chi connectivity index (χ1n) is 8.08. The van der Waals surface area contributed by atoms with Gasteiger partial charge in [0.05, 0.1) is 24.1 Å². The van der Waals surface area contributed by atoms with E-state index in [0.29, 0.717) is 22.2 Å². The van der Waals surface area contributed by atoms with Crippen molar-refractivity contribution in [2.45, 2.75) is 5.16 Å². The van der Waals surface area contributed by atoms with Crippen LogP contribution in [-0.4, -0.2) is 33.5 Å². The highest BCUT2D eigenvalue weighted by Gasteiger charge is 2.14. The summed E-state index contributed by atoms with van der Waals surface area (Å²) in [6, 6.07) is 16.5. The Balaban J connectivity index is 1.65. The SMILES string of the molecule is COc1ccc(-c2nnc(SCC(=O)Nc3ccccc3C#N)n2C)cc1. The first-order valence-corrected chi connectivity index (χ1v) is 9.06. The largest absolute Gasteiger partial charge is 0.497 e. The van der Waals surface area contributed by atoms with Gasteiger partial charge in [-0.1, -0.05) is 23.9 Å². The number of amides is 1. The Kier molecular flexibility index (Phi) is 5.74. The van der Waals surface area contributed by atoms with Crippen LogP contribution in [0.5, 0.6) is 5.75 Å². The highest BCUT2D eigenvalue weighted by atomic mass is 32.2. The number of thioether (sulfide) groups is 1. The van der Waals surface area contributed by atoms with Gasteiger partial charge in [-0.25, -0.2) is 0 Å². The average Bonchev–Trinajstić information content (AvgIpc) is 3.07. The maximum Gasteiger partial charge on any atom is 0.234 e. The van der Waals surface area contributed by atoms with E-state index in [9.17, 15) is 4.79 Å². The zero-order valence-electron chi connectivity index (χ0n) is 14.8. The molecule has 0 aliphatic rings. The minimum Gasteiger partial charge on any atom is -0.497 e. The van der Waals surface area contributed by atoms with E-state index in [0.717, 1.165) is 11.3 Å². The van der Waals surface area contributed by atoms with Crippen molar-refractivity contribution in [1.29, 1.82) is 5.26 Å². The molecule has 1 N–H and O–H groups in total. The van der Waals surface area contributed by atoms with Gasteiger partial charge in [0.1, 0.15) is 11.8 Å². The van der Waals surface area contributed by atoms with Crippen LogP contribution in [0.25, 0.3) is 11.4 Å². The lowest BCUT2D eigenvalue weighted by Crippen LogP contribution is -2.15. The van der Waals surface area contributed by atoms with Gasteiger partial charge in [0.25, 0.3) is 0 Å².